The molecule has 2 atom stereocenters. The van der Waals surface area contributed by atoms with E-state index in [1.807, 2.05) is 6.92 Å². The summed E-state index contributed by atoms with van der Waals surface area (Å²) >= 11 is 0. The van der Waals surface area contributed by atoms with E-state index in [4.69, 9.17) is 4.74 Å². The largest absolute Gasteiger partial charge is 0.430 e. The van der Waals surface area contributed by atoms with Gasteiger partial charge in [-0.15, -0.1) is 0 Å². The number of halogens is 3. The van der Waals surface area contributed by atoms with Crippen LogP contribution in [0, 0.1) is 0 Å². The summed E-state index contributed by atoms with van der Waals surface area (Å²) in [5.74, 6) is 0.0479. The summed E-state index contributed by atoms with van der Waals surface area (Å²) in [6, 6.07) is -0.167. The lowest BCUT2D eigenvalue weighted by molar-refractivity contribution is -0.0899. The minimum Gasteiger partial charge on any atom is -0.389 e. The molecule has 1 aliphatic carbocycles. The van der Waals surface area contributed by atoms with Crippen LogP contribution in [0.4, 0.5) is 25.1 Å². The van der Waals surface area contributed by atoms with Crippen molar-refractivity contribution < 1.29 is 23.0 Å². The summed E-state index contributed by atoms with van der Waals surface area (Å²) < 4.78 is 43.2. The molecule has 1 aromatic heterocycles. The van der Waals surface area contributed by atoms with Crippen LogP contribution in [0.2, 0.25) is 0 Å². The summed E-state index contributed by atoms with van der Waals surface area (Å²) in [6.07, 6.45) is -1.65. The Labute approximate surface area is 149 Å². The number of hydrogen-bond donors (Lipinski definition) is 3. The Balaban J connectivity index is 2.34. The van der Waals surface area contributed by atoms with Gasteiger partial charge in [0.2, 0.25) is 11.9 Å². The van der Waals surface area contributed by atoms with Gasteiger partial charge in [0.05, 0.1) is 12.7 Å². The first-order valence-electron chi connectivity index (χ1n) is 8.13. The Hall–Kier alpha value is -2.20. The molecule has 0 saturated carbocycles. The van der Waals surface area contributed by atoms with Crippen LogP contribution in [-0.2, 0) is 4.74 Å². The molecule has 7 nitrogen and oxygen atoms in total. The van der Waals surface area contributed by atoms with Gasteiger partial charge >= 0.3 is 6.18 Å². The van der Waals surface area contributed by atoms with Gasteiger partial charge in [0, 0.05) is 13.2 Å². The third-order valence-electron chi connectivity index (χ3n) is 3.66. The highest BCUT2D eigenvalue weighted by molar-refractivity contribution is 5.63. The molecule has 0 spiro atoms. The van der Waals surface area contributed by atoms with E-state index in [0.717, 1.165) is 6.42 Å². The number of aromatic nitrogens is 3. The molecule has 0 radical (unpaired) electrons. The van der Waals surface area contributed by atoms with E-state index in [1.165, 1.54) is 7.11 Å². The van der Waals surface area contributed by atoms with Crippen molar-refractivity contribution in [2.75, 3.05) is 24.4 Å². The van der Waals surface area contributed by atoms with Gasteiger partial charge in [-0.3, -0.25) is 0 Å². The molecule has 3 N–H and O–H groups in total. The molecule has 1 heterocycles. The van der Waals surface area contributed by atoms with Gasteiger partial charge in [0.25, 0.3) is 0 Å². The quantitative estimate of drug-likeness (QED) is 0.677. The van der Waals surface area contributed by atoms with Crippen molar-refractivity contribution in [3.63, 3.8) is 0 Å². The van der Waals surface area contributed by atoms with Crippen LogP contribution in [0.25, 0.3) is 5.57 Å². The summed E-state index contributed by atoms with van der Waals surface area (Å²) in [7, 11) is 1.53. The molecule has 0 saturated heterocycles. The summed E-state index contributed by atoms with van der Waals surface area (Å²) in [4.78, 5) is 12.3. The predicted octanol–water partition coefficient (Wildman–Crippen LogP) is 2.73. The lowest BCUT2D eigenvalue weighted by Crippen LogP contribution is -2.24. The second-order valence-electron chi connectivity index (χ2n) is 6.06. The van der Waals surface area contributed by atoms with Crippen molar-refractivity contribution in [1.82, 2.24) is 15.0 Å². The highest BCUT2D eigenvalue weighted by Crippen LogP contribution is 2.28. The van der Waals surface area contributed by atoms with Gasteiger partial charge in [-0.1, -0.05) is 6.58 Å². The average molecular weight is 373 g/mol. The van der Waals surface area contributed by atoms with Gasteiger partial charge in [-0.25, -0.2) is 0 Å². The number of ether oxygens (including phenoxy) is 1. The zero-order valence-corrected chi connectivity index (χ0v) is 14.6. The highest BCUT2D eigenvalue weighted by atomic mass is 19.4. The van der Waals surface area contributed by atoms with E-state index >= 15 is 0 Å². The van der Waals surface area contributed by atoms with Crippen LogP contribution in [0.5, 0.6) is 0 Å². The third kappa shape index (κ3) is 5.67. The summed E-state index contributed by atoms with van der Waals surface area (Å²) in [6.45, 7) is 5.14. The molecule has 144 valence electrons. The lowest BCUT2D eigenvalue weighted by Gasteiger charge is -2.19. The SMILES string of the molecule is C=C(Nc1nc(N[C@@H](C)COC)nc(C2=CC(O)CCC2)n1)C(F)(F)F. The number of anilines is 2. The van der Waals surface area contributed by atoms with E-state index in [-0.39, 0.29) is 23.8 Å². The molecule has 1 aliphatic rings. The lowest BCUT2D eigenvalue weighted by atomic mass is 9.97. The van der Waals surface area contributed by atoms with Crippen molar-refractivity contribution in [3.8, 4) is 0 Å². The molecular weight excluding hydrogens is 351 g/mol. The van der Waals surface area contributed by atoms with Crippen LogP contribution in [-0.4, -0.2) is 52.1 Å². The summed E-state index contributed by atoms with van der Waals surface area (Å²) in [5.41, 5.74) is -0.516. The molecule has 1 unspecified atom stereocenters. The molecule has 0 bridgehead atoms. The minimum absolute atomic E-state index is 0.109. The third-order valence-corrected chi connectivity index (χ3v) is 3.66. The van der Waals surface area contributed by atoms with Crippen molar-refractivity contribution in [1.29, 1.82) is 0 Å². The van der Waals surface area contributed by atoms with Crippen LogP contribution in [0.3, 0.4) is 0 Å². The predicted molar refractivity (Wildman–Crippen MR) is 91.4 cm³/mol. The van der Waals surface area contributed by atoms with Crippen molar-refractivity contribution >= 4 is 17.5 Å². The second-order valence-corrected chi connectivity index (χ2v) is 6.06. The van der Waals surface area contributed by atoms with E-state index in [0.29, 0.717) is 25.0 Å². The number of aliphatic hydroxyl groups excluding tert-OH is 1. The van der Waals surface area contributed by atoms with Gasteiger partial charge in [-0.2, -0.15) is 28.1 Å². The first kappa shape index (κ1) is 20.1. The molecule has 0 fully saturated rings. The topological polar surface area (TPSA) is 92.2 Å². The Morgan fingerprint density at radius 2 is 2.08 bits per heavy atom. The Kier molecular flexibility index (Phi) is 6.54. The molecule has 10 heteroatoms. The van der Waals surface area contributed by atoms with Gasteiger partial charge in [-0.05, 0) is 37.8 Å². The zero-order valence-electron chi connectivity index (χ0n) is 14.6. The summed E-state index contributed by atoms with van der Waals surface area (Å²) in [5, 5.41) is 14.8. The Morgan fingerprint density at radius 3 is 2.69 bits per heavy atom. The average Bonchev–Trinajstić information content (AvgIpc) is 2.54. The van der Waals surface area contributed by atoms with Crippen LogP contribution in [0.1, 0.15) is 32.0 Å². The fourth-order valence-corrected chi connectivity index (χ4v) is 2.44. The first-order chi connectivity index (χ1) is 12.2. The molecule has 0 aliphatic heterocycles. The molecule has 0 amide bonds. The zero-order chi connectivity index (χ0) is 19.3. The second kappa shape index (κ2) is 8.45. The standard InChI is InChI=1S/C16H22F3N5O2/c1-9(8-26-3)20-14-22-13(11-5-4-6-12(25)7-11)23-15(24-14)21-10(2)16(17,18)19/h7,9,12,25H,2,4-6,8H2,1,3H3,(H2,20,21,22,23,24)/t9-,12?/m0/s1. The van der Waals surface area contributed by atoms with Gasteiger partial charge in [0.1, 0.15) is 5.70 Å². The Morgan fingerprint density at radius 1 is 1.38 bits per heavy atom. The number of aliphatic hydroxyl groups is 1. The smallest absolute Gasteiger partial charge is 0.389 e. The number of alkyl halides is 3. The monoisotopic (exact) mass is 373 g/mol. The molecule has 2 rings (SSSR count). The number of nitrogens with one attached hydrogen (secondary N) is 2. The number of allylic oxidation sites excluding steroid dienone is 2. The van der Waals surface area contributed by atoms with Crippen molar-refractivity contribution in [2.45, 2.75) is 44.5 Å². The molecule has 1 aromatic rings. The minimum atomic E-state index is -4.62. The van der Waals surface area contributed by atoms with E-state index in [9.17, 15) is 18.3 Å². The first-order valence-corrected chi connectivity index (χ1v) is 8.13. The maximum Gasteiger partial charge on any atom is 0.430 e. The molecule has 26 heavy (non-hydrogen) atoms. The number of hydrogen-bond acceptors (Lipinski definition) is 7. The van der Waals surface area contributed by atoms with Crippen molar-refractivity contribution in [3.05, 3.63) is 24.2 Å². The normalized spacial score (nSPS) is 18.8. The van der Waals surface area contributed by atoms with Gasteiger partial charge < -0.3 is 20.5 Å². The van der Waals surface area contributed by atoms with Gasteiger partial charge in [0.15, 0.2) is 5.82 Å². The van der Waals surface area contributed by atoms with Crippen LogP contribution < -0.4 is 10.6 Å². The van der Waals surface area contributed by atoms with E-state index in [2.05, 4.69) is 32.2 Å². The van der Waals surface area contributed by atoms with E-state index < -0.39 is 18.0 Å². The number of methoxy groups -OCH3 is 1. The highest BCUT2D eigenvalue weighted by Gasteiger charge is 2.33. The fraction of sp³-hybridized carbons (Fsp3) is 0.562. The van der Waals surface area contributed by atoms with Crippen molar-refractivity contribution in [2.24, 2.45) is 0 Å². The van der Waals surface area contributed by atoms with E-state index in [1.54, 1.807) is 6.08 Å². The maximum absolute atomic E-state index is 12.7. The molecular formula is C16H22F3N5O2. The fourth-order valence-electron chi connectivity index (χ4n) is 2.44. The molecule has 0 aromatic carbocycles. The Bertz CT molecular complexity index is 678. The maximum atomic E-state index is 12.7. The number of rotatable bonds is 7. The van der Waals surface area contributed by atoms with Crippen LogP contribution >= 0.6 is 0 Å². The van der Waals surface area contributed by atoms with Crippen LogP contribution in [0.15, 0.2) is 18.4 Å². The number of nitrogens with zero attached hydrogens (tertiary/aromatic N) is 3.